The van der Waals surface area contributed by atoms with E-state index in [0.29, 0.717) is 17.2 Å². The van der Waals surface area contributed by atoms with Crippen molar-refractivity contribution in [2.75, 3.05) is 16.6 Å². The van der Waals surface area contributed by atoms with Gasteiger partial charge >= 0.3 is 0 Å². The number of nitrogens with zero attached hydrogens (tertiary/aromatic N) is 1. The minimum atomic E-state index is -3.82. The number of halogens is 1. The second kappa shape index (κ2) is 9.31. The molecular formula is C20H20BrN3O5S. The molecular weight excluding hydrogens is 474 g/mol. The normalized spacial score (nSPS) is 11.2. The highest BCUT2D eigenvalue weighted by Crippen LogP contribution is 2.24. The number of carbonyl (C=O) groups is 1. The third-order valence-corrected chi connectivity index (χ3v) is 5.94. The molecule has 0 bridgehead atoms. The maximum Gasteiger partial charge on any atom is 0.263 e. The van der Waals surface area contributed by atoms with Gasteiger partial charge in [0.15, 0.2) is 12.4 Å². The number of hydrogen-bond acceptors (Lipinski definition) is 6. The van der Waals surface area contributed by atoms with Gasteiger partial charge in [0.1, 0.15) is 11.5 Å². The summed E-state index contributed by atoms with van der Waals surface area (Å²) in [5.41, 5.74) is 1.44. The molecule has 3 rings (SSSR count). The first-order valence-electron chi connectivity index (χ1n) is 9.04. The molecule has 0 saturated heterocycles. The molecule has 8 nitrogen and oxygen atoms in total. The number of benzene rings is 2. The monoisotopic (exact) mass is 493 g/mol. The van der Waals surface area contributed by atoms with Crippen molar-refractivity contribution < 1.29 is 22.5 Å². The van der Waals surface area contributed by atoms with Crippen LogP contribution in [0.5, 0.6) is 5.75 Å². The summed E-state index contributed by atoms with van der Waals surface area (Å²) in [6.45, 7) is 3.50. The van der Waals surface area contributed by atoms with Crippen molar-refractivity contribution in [1.82, 2.24) is 5.16 Å². The summed E-state index contributed by atoms with van der Waals surface area (Å²) in [4.78, 5) is 12.2. The largest absolute Gasteiger partial charge is 0.483 e. The lowest BCUT2D eigenvalue weighted by atomic mass is 10.1. The van der Waals surface area contributed by atoms with E-state index in [1.165, 1.54) is 30.3 Å². The Morgan fingerprint density at radius 2 is 1.90 bits per heavy atom. The number of aromatic nitrogens is 1. The van der Waals surface area contributed by atoms with Crippen molar-refractivity contribution in [2.45, 2.75) is 25.2 Å². The van der Waals surface area contributed by atoms with Gasteiger partial charge in [-0.05, 0) is 61.4 Å². The third-order valence-electron chi connectivity index (χ3n) is 4.08. The molecule has 30 heavy (non-hydrogen) atoms. The molecule has 0 spiro atoms. The van der Waals surface area contributed by atoms with Gasteiger partial charge in [-0.3, -0.25) is 9.52 Å². The van der Waals surface area contributed by atoms with Crippen molar-refractivity contribution in [3.8, 4) is 5.75 Å². The summed E-state index contributed by atoms with van der Waals surface area (Å²) < 4.78 is 38.5. The van der Waals surface area contributed by atoms with Crippen LogP contribution in [0.4, 0.5) is 11.5 Å². The lowest BCUT2D eigenvalue weighted by molar-refractivity contribution is -0.118. The van der Waals surface area contributed by atoms with E-state index < -0.39 is 10.0 Å². The summed E-state index contributed by atoms with van der Waals surface area (Å²) in [7, 11) is -3.82. The van der Waals surface area contributed by atoms with Crippen LogP contribution in [0, 0.1) is 6.92 Å². The predicted octanol–water partition coefficient (Wildman–Crippen LogP) is 4.13. The van der Waals surface area contributed by atoms with E-state index in [1.807, 2.05) is 19.1 Å². The standard InChI is InChI=1S/C20H20BrN3O5S/c1-3-14-11-15(21)4-9-18(14)28-12-20(25)22-16-5-7-17(8-6-16)30(26,27)24-19-10-13(2)29-23-19/h4-11H,3,12H2,1-2H3,(H,22,25)(H,23,24). The van der Waals surface area contributed by atoms with Gasteiger partial charge in [-0.2, -0.15) is 0 Å². The molecule has 1 amide bonds. The fourth-order valence-electron chi connectivity index (χ4n) is 2.63. The van der Waals surface area contributed by atoms with Gasteiger partial charge in [0.25, 0.3) is 15.9 Å². The maximum atomic E-state index is 12.4. The molecule has 0 aliphatic rings. The predicted molar refractivity (Wildman–Crippen MR) is 116 cm³/mol. The number of anilines is 2. The van der Waals surface area contributed by atoms with Crippen molar-refractivity contribution in [2.24, 2.45) is 0 Å². The average molecular weight is 494 g/mol. The number of amides is 1. The zero-order chi connectivity index (χ0) is 21.7. The molecule has 0 fully saturated rings. The van der Waals surface area contributed by atoms with Gasteiger partial charge in [0, 0.05) is 16.2 Å². The lowest BCUT2D eigenvalue weighted by Gasteiger charge is -2.11. The number of ether oxygens (including phenoxy) is 1. The Balaban J connectivity index is 1.59. The topological polar surface area (TPSA) is 111 Å². The van der Waals surface area contributed by atoms with Crippen molar-refractivity contribution in [1.29, 1.82) is 0 Å². The van der Waals surface area contributed by atoms with Crippen LogP contribution >= 0.6 is 15.9 Å². The van der Waals surface area contributed by atoms with Crippen molar-refractivity contribution in [3.05, 3.63) is 64.3 Å². The zero-order valence-corrected chi connectivity index (χ0v) is 18.7. The van der Waals surface area contributed by atoms with Crippen LogP contribution in [-0.2, 0) is 21.2 Å². The molecule has 2 N–H and O–H groups in total. The number of hydrogen-bond donors (Lipinski definition) is 2. The van der Waals surface area contributed by atoms with E-state index in [-0.39, 0.29) is 23.2 Å². The Morgan fingerprint density at radius 3 is 2.53 bits per heavy atom. The second-order valence-corrected chi connectivity index (χ2v) is 8.99. The van der Waals surface area contributed by atoms with E-state index in [0.717, 1.165) is 16.5 Å². The maximum absolute atomic E-state index is 12.4. The highest BCUT2D eigenvalue weighted by Gasteiger charge is 2.16. The van der Waals surface area contributed by atoms with Crippen LogP contribution in [0.15, 0.2) is 62.4 Å². The number of nitrogens with one attached hydrogen (secondary N) is 2. The summed E-state index contributed by atoms with van der Waals surface area (Å²) in [5.74, 6) is 0.877. The zero-order valence-electron chi connectivity index (χ0n) is 16.3. The van der Waals surface area contributed by atoms with E-state index in [4.69, 9.17) is 9.26 Å². The van der Waals surface area contributed by atoms with E-state index >= 15 is 0 Å². The van der Waals surface area contributed by atoms with Crippen LogP contribution in [-0.4, -0.2) is 26.1 Å². The number of sulfonamides is 1. The van der Waals surface area contributed by atoms with Crippen LogP contribution in [0.25, 0.3) is 0 Å². The van der Waals surface area contributed by atoms with E-state index in [9.17, 15) is 13.2 Å². The third kappa shape index (κ3) is 5.61. The first-order valence-corrected chi connectivity index (χ1v) is 11.3. The molecule has 0 radical (unpaired) electrons. The quantitative estimate of drug-likeness (QED) is 0.488. The summed E-state index contributed by atoms with van der Waals surface area (Å²) in [6, 6.07) is 12.8. The number of carbonyl (C=O) groups excluding carboxylic acids is 1. The molecule has 0 unspecified atom stereocenters. The molecule has 2 aromatic carbocycles. The smallest absolute Gasteiger partial charge is 0.263 e. The van der Waals surface area contributed by atoms with Gasteiger partial charge in [-0.25, -0.2) is 8.42 Å². The fourth-order valence-corrected chi connectivity index (χ4v) is 4.03. The molecule has 0 atom stereocenters. The summed E-state index contributed by atoms with van der Waals surface area (Å²) in [6.07, 6.45) is 0.772. The second-order valence-electron chi connectivity index (χ2n) is 6.40. The van der Waals surface area contributed by atoms with Gasteiger partial charge in [0.05, 0.1) is 4.90 Å². The van der Waals surface area contributed by atoms with Crippen LogP contribution in [0.2, 0.25) is 0 Å². The Morgan fingerprint density at radius 1 is 1.17 bits per heavy atom. The Hall–Kier alpha value is -2.85. The van der Waals surface area contributed by atoms with Crippen LogP contribution in [0.3, 0.4) is 0 Å². The average Bonchev–Trinajstić information content (AvgIpc) is 3.11. The molecule has 0 aliphatic carbocycles. The minimum Gasteiger partial charge on any atom is -0.483 e. The number of aryl methyl sites for hydroxylation is 2. The molecule has 1 heterocycles. The SMILES string of the molecule is CCc1cc(Br)ccc1OCC(=O)Nc1ccc(S(=O)(=O)Nc2cc(C)on2)cc1. The van der Waals surface area contributed by atoms with Crippen LogP contribution < -0.4 is 14.8 Å². The highest BCUT2D eigenvalue weighted by molar-refractivity contribution is 9.10. The summed E-state index contributed by atoms with van der Waals surface area (Å²) >= 11 is 3.41. The van der Waals surface area contributed by atoms with Gasteiger partial charge in [-0.1, -0.05) is 28.0 Å². The van der Waals surface area contributed by atoms with E-state index in [2.05, 4.69) is 31.1 Å². The molecule has 158 valence electrons. The molecule has 1 aromatic heterocycles. The first kappa shape index (κ1) is 21.8. The first-order chi connectivity index (χ1) is 14.3. The number of rotatable bonds is 8. The van der Waals surface area contributed by atoms with Gasteiger partial charge < -0.3 is 14.6 Å². The van der Waals surface area contributed by atoms with Crippen molar-refractivity contribution in [3.63, 3.8) is 0 Å². The Kier molecular flexibility index (Phi) is 6.78. The Labute approximate surface area is 182 Å². The minimum absolute atomic E-state index is 0.0276. The lowest BCUT2D eigenvalue weighted by Crippen LogP contribution is -2.20. The fraction of sp³-hybridized carbons (Fsp3) is 0.200. The summed E-state index contributed by atoms with van der Waals surface area (Å²) in [5, 5.41) is 6.28. The van der Waals surface area contributed by atoms with Gasteiger partial charge in [0.2, 0.25) is 0 Å². The van der Waals surface area contributed by atoms with E-state index in [1.54, 1.807) is 13.0 Å². The van der Waals surface area contributed by atoms with Crippen LogP contribution in [0.1, 0.15) is 18.2 Å². The molecule has 3 aromatic rings. The molecule has 0 aliphatic heterocycles. The molecule has 0 saturated carbocycles. The van der Waals surface area contributed by atoms with Crippen molar-refractivity contribution >= 4 is 43.4 Å². The van der Waals surface area contributed by atoms with Gasteiger partial charge in [-0.15, -0.1) is 0 Å². The highest BCUT2D eigenvalue weighted by atomic mass is 79.9. The Bertz CT molecular complexity index is 1140. The molecule has 10 heteroatoms.